The SMILES string of the molecule is CCCS(=O)CC(=O)c1ccccc1. The fourth-order valence-corrected chi connectivity index (χ4v) is 2.21. The summed E-state index contributed by atoms with van der Waals surface area (Å²) in [4.78, 5) is 11.5. The predicted octanol–water partition coefficient (Wildman–Crippen LogP) is 2.03. The highest BCUT2D eigenvalue weighted by atomic mass is 32.2. The lowest BCUT2D eigenvalue weighted by molar-refractivity contribution is 0.102. The first kappa shape index (κ1) is 11.1. The van der Waals surface area contributed by atoms with E-state index in [1.165, 1.54) is 0 Å². The Kier molecular flexibility index (Phi) is 4.53. The molecule has 1 atom stereocenters. The highest BCUT2D eigenvalue weighted by Crippen LogP contribution is 2.01. The molecule has 0 spiro atoms. The van der Waals surface area contributed by atoms with Crippen LogP contribution in [0.1, 0.15) is 23.7 Å². The standard InChI is InChI=1S/C11H14O2S/c1-2-8-14(13)9-11(12)10-6-4-3-5-7-10/h3-7H,2,8-9H2,1H3. The number of hydrogen-bond donors (Lipinski definition) is 0. The Hall–Kier alpha value is -0.960. The van der Waals surface area contributed by atoms with Crippen LogP contribution in [0.2, 0.25) is 0 Å². The van der Waals surface area contributed by atoms with Gasteiger partial charge in [-0.3, -0.25) is 9.00 Å². The molecule has 0 saturated carbocycles. The molecule has 0 saturated heterocycles. The molecule has 0 bridgehead atoms. The van der Waals surface area contributed by atoms with Gasteiger partial charge in [-0.05, 0) is 6.42 Å². The molecule has 3 heteroatoms. The molecule has 0 aliphatic carbocycles. The van der Waals surface area contributed by atoms with Gasteiger partial charge in [-0.15, -0.1) is 0 Å². The number of hydrogen-bond acceptors (Lipinski definition) is 2. The first-order valence-electron chi connectivity index (χ1n) is 4.67. The van der Waals surface area contributed by atoms with Gasteiger partial charge < -0.3 is 0 Å². The predicted molar refractivity (Wildman–Crippen MR) is 58.9 cm³/mol. The molecule has 0 aliphatic heterocycles. The zero-order valence-corrected chi connectivity index (χ0v) is 9.05. The van der Waals surface area contributed by atoms with Gasteiger partial charge in [0.2, 0.25) is 0 Å². The minimum absolute atomic E-state index is 0.0302. The molecule has 2 nitrogen and oxygen atoms in total. The van der Waals surface area contributed by atoms with E-state index in [0.29, 0.717) is 11.3 Å². The minimum atomic E-state index is -1.00. The summed E-state index contributed by atoms with van der Waals surface area (Å²) in [6.45, 7) is 1.96. The van der Waals surface area contributed by atoms with Crippen LogP contribution in [0.4, 0.5) is 0 Å². The Bertz CT molecular complexity index is 319. The summed E-state index contributed by atoms with van der Waals surface area (Å²) in [5.41, 5.74) is 0.650. The first-order chi connectivity index (χ1) is 6.74. The van der Waals surface area contributed by atoms with Crippen LogP contribution < -0.4 is 0 Å². The third-order valence-electron chi connectivity index (χ3n) is 1.82. The average Bonchev–Trinajstić information content (AvgIpc) is 2.19. The van der Waals surface area contributed by atoms with Gasteiger partial charge >= 0.3 is 0 Å². The topological polar surface area (TPSA) is 34.1 Å². The van der Waals surface area contributed by atoms with Gasteiger partial charge in [0.1, 0.15) is 0 Å². The third-order valence-corrected chi connectivity index (χ3v) is 3.27. The fraction of sp³-hybridized carbons (Fsp3) is 0.364. The van der Waals surface area contributed by atoms with Gasteiger partial charge in [0, 0.05) is 22.1 Å². The Morgan fingerprint density at radius 1 is 1.29 bits per heavy atom. The molecule has 0 aromatic heterocycles. The summed E-state index contributed by atoms with van der Waals surface area (Å²) < 4.78 is 11.3. The van der Waals surface area contributed by atoms with Gasteiger partial charge in [-0.2, -0.15) is 0 Å². The molecule has 1 rings (SSSR count). The van der Waals surface area contributed by atoms with Crippen molar-refractivity contribution in [1.29, 1.82) is 0 Å². The second-order valence-corrected chi connectivity index (χ2v) is 4.65. The van der Waals surface area contributed by atoms with Crippen LogP contribution in [-0.2, 0) is 10.8 Å². The lowest BCUT2D eigenvalue weighted by Gasteiger charge is -1.99. The van der Waals surface area contributed by atoms with Crippen molar-refractivity contribution in [2.24, 2.45) is 0 Å². The maximum Gasteiger partial charge on any atom is 0.175 e. The molecule has 0 amide bonds. The number of ketones is 1. The van der Waals surface area contributed by atoms with Crippen molar-refractivity contribution in [2.45, 2.75) is 13.3 Å². The minimum Gasteiger partial charge on any atom is -0.293 e. The zero-order chi connectivity index (χ0) is 10.4. The molecule has 0 fully saturated rings. The van der Waals surface area contributed by atoms with E-state index in [9.17, 15) is 9.00 Å². The average molecular weight is 210 g/mol. The van der Waals surface area contributed by atoms with E-state index >= 15 is 0 Å². The highest BCUT2D eigenvalue weighted by molar-refractivity contribution is 7.85. The number of carbonyl (C=O) groups is 1. The van der Waals surface area contributed by atoms with Crippen LogP contribution in [-0.4, -0.2) is 21.5 Å². The Balaban J connectivity index is 2.55. The monoisotopic (exact) mass is 210 g/mol. The van der Waals surface area contributed by atoms with Crippen molar-refractivity contribution in [3.05, 3.63) is 35.9 Å². The number of carbonyl (C=O) groups excluding carboxylic acids is 1. The van der Waals surface area contributed by atoms with Crippen LogP contribution in [0.5, 0.6) is 0 Å². The van der Waals surface area contributed by atoms with Crippen molar-refractivity contribution in [3.8, 4) is 0 Å². The fourth-order valence-electron chi connectivity index (χ4n) is 1.15. The van der Waals surface area contributed by atoms with Crippen molar-refractivity contribution in [3.63, 3.8) is 0 Å². The van der Waals surface area contributed by atoms with Gasteiger partial charge in [0.15, 0.2) is 5.78 Å². The van der Waals surface area contributed by atoms with E-state index in [2.05, 4.69) is 0 Å². The number of rotatable bonds is 5. The maximum atomic E-state index is 11.5. The summed E-state index contributed by atoms with van der Waals surface area (Å²) in [6.07, 6.45) is 0.856. The molecule has 1 aromatic carbocycles. The van der Waals surface area contributed by atoms with Crippen molar-refractivity contribution >= 4 is 16.6 Å². The second kappa shape index (κ2) is 5.70. The zero-order valence-electron chi connectivity index (χ0n) is 8.23. The molecule has 1 unspecified atom stereocenters. The maximum absolute atomic E-state index is 11.5. The molecule has 0 N–H and O–H groups in total. The molecule has 0 heterocycles. The largest absolute Gasteiger partial charge is 0.293 e. The summed E-state index contributed by atoms with van der Waals surface area (Å²) in [5.74, 6) is 0.730. The summed E-state index contributed by atoms with van der Waals surface area (Å²) >= 11 is 0. The summed E-state index contributed by atoms with van der Waals surface area (Å²) in [5, 5.41) is 0. The number of Topliss-reactive ketones (excluding diaryl/α,β-unsaturated/α-hetero) is 1. The van der Waals surface area contributed by atoms with Crippen molar-refractivity contribution in [1.82, 2.24) is 0 Å². The summed E-state index contributed by atoms with van der Waals surface area (Å²) in [7, 11) is -1.00. The van der Waals surface area contributed by atoms with Crippen LogP contribution in [0.15, 0.2) is 30.3 Å². The smallest absolute Gasteiger partial charge is 0.175 e. The van der Waals surface area contributed by atoms with Crippen LogP contribution in [0.25, 0.3) is 0 Å². The van der Waals surface area contributed by atoms with E-state index in [1.54, 1.807) is 12.1 Å². The molecule has 0 aliphatic rings. The van der Waals surface area contributed by atoms with E-state index in [-0.39, 0.29) is 11.5 Å². The van der Waals surface area contributed by atoms with Crippen LogP contribution in [0.3, 0.4) is 0 Å². The Morgan fingerprint density at radius 3 is 2.50 bits per heavy atom. The highest BCUT2D eigenvalue weighted by Gasteiger charge is 2.08. The number of benzene rings is 1. The molecule has 76 valence electrons. The van der Waals surface area contributed by atoms with Crippen molar-refractivity contribution < 1.29 is 9.00 Å². The first-order valence-corrected chi connectivity index (χ1v) is 6.16. The molecule has 0 radical (unpaired) electrons. The van der Waals surface area contributed by atoms with Gasteiger partial charge in [-0.25, -0.2) is 0 Å². The second-order valence-electron chi connectivity index (χ2n) is 3.08. The molecule has 1 aromatic rings. The van der Waals surface area contributed by atoms with E-state index in [1.807, 2.05) is 25.1 Å². The molecular formula is C11H14O2S. The Morgan fingerprint density at radius 2 is 1.93 bits per heavy atom. The van der Waals surface area contributed by atoms with Gasteiger partial charge in [-0.1, -0.05) is 37.3 Å². The van der Waals surface area contributed by atoms with Gasteiger partial charge in [0.05, 0.1) is 5.75 Å². The van der Waals surface area contributed by atoms with Gasteiger partial charge in [0.25, 0.3) is 0 Å². The normalized spacial score (nSPS) is 12.4. The van der Waals surface area contributed by atoms with Crippen molar-refractivity contribution in [2.75, 3.05) is 11.5 Å². The van der Waals surface area contributed by atoms with Crippen LogP contribution in [0, 0.1) is 0 Å². The molecule has 14 heavy (non-hydrogen) atoms. The van der Waals surface area contributed by atoms with E-state index in [4.69, 9.17) is 0 Å². The van der Waals surface area contributed by atoms with E-state index < -0.39 is 10.8 Å². The van der Waals surface area contributed by atoms with Crippen LogP contribution >= 0.6 is 0 Å². The third kappa shape index (κ3) is 3.42. The Labute approximate surface area is 86.8 Å². The van der Waals surface area contributed by atoms with E-state index in [0.717, 1.165) is 6.42 Å². The lowest BCUT2D eigenvalue weighted by Crippen LogP contribution is -2.12. The quantitative estimate of drug-likeness (QED) is 0.697. The lowest BCUT2D eigenvalue weighted by atomic mass is 10.2. The molecular weight excluding hydrogens is 196 g/mol. The summed E-state index contributed by atoms with van der Waals surface area (Å²) in [6, 6.07) is 9.00.